The second-order valence-electron chi connectivity index (χ2n) is 6.08. The van der Waals surface area contributed by atoms with Crippen molar-refractivity contribution >= 4 is 37.5 Å². The molecule has 25 heavy (non-hydrogen) atoms. The van der Waals surface area contributed by atoms with E-state index in [-0.39, 0.29) is 22.4 Å². The van der Waals surface area contributed by atoms with Gasteiger partial charge in [0.05, 0.1) is 10.6 Å². The van der Waals surface area contributed by atoms with Crippen LogP contribution in [0.4, 0.5) is 5.69 Å². The Labute approximate surface area is 157 Å². The Morgan fingerprint density at radius 1 is 1.16 bits per heavy atom. The fraction of sp³-hybridized carbons (Fsp3) is 0.278. The molecule has 0 aromatic heterocycles. The number of rotatable bonds is 5. The van der Waals surface area contributed by atoms with E-state index in [1.54, 1.807) is 32.0 Å². The summed E-state index contributed by atoms with van der Waals surface area (Å²) in [4.78, 5) is 12.6. The lowest BCUT2D eigenvalue weighted by molar-refractivity contribution is 0.102. The van der Waals surface area contributed by atoms with Crippen LogP contribution in [0.5, 0.6) is 0 Å². The van der Waals surface area contributed by atoms with Crippen molar-refractivity contribution in [2.75, 3.05) is 12.4 Å². The Hall–Kier alpha value is -1.70. The zero-order valence-electron chi connectivity index (χ0n) is 14.6. The van der Waals surface area contributed by atoms with Crippen molar-refractivity contribution in [1.82, 2.24) is 4.31 Å². The molecule has 0 aliphatic carbocycles. The maximum atomic E-state index is 12.6. The number of aryl methyl sites for hydroxylation is 1. The smallest absolute Gasteiger partial charge is 0.255 e. The molecule has 0 radical (unpaired) electrons. The Bertz CT molecular complexity index is 895. The van der Waals surface area contributed by atoms with Crippen molar-refractivity contribution in [2.24, 2.45) is 0 Å². The molecule has 0 saturated heterocycles. The van der Waals surface area contributed by atoms with Crippen LogP contribution in [0.25, 0.3) is 0 Å². The molecule has 0 fully saturated rings. The topological polar surface area (TPSA) is 66.5 Å². The number of nitrogens with one attached hydrogen (secondary N) is 1. The van der Waals surface area contributed by atoms with Gasteiger partial charge in [-0.15, -0.1) is 0 Å². The van der Waals surface area contributed by atoms with Crippen molar-refractivity contribution in [3.05, 3.63) is 58.1 Å². The van der Waals surface area contributed by atoms with E-state index in [9.17, 15) is 13.2 Å². The molecule has 0 bridgehead atoms. The lowest BCUT2D eigenvalue weighted by Gasteiger charge is -2.21. The summed E-state index contributed by atoms with van der Waals surface area (Å²) in [5, 5.41) is 2.79. The van der Waals surface area contributed by atoms with Crippen LogP contribution in [0.3, 0.4) is 0 Å². The zero-order chi connectivity index (χ0) is 18.8. The number of sulfonamides is 1. The van der Waals surface area contributed by atoms with Crippen molar-refractivity contribution in [1.29, 1.82) is 0 Å². The molecule has 134 valence electrons. The molecule has 0 unspecified atom stereocenters. The maximum Gasteiger partial charge on any atom is 0.255 e. The highest BCUT2D eigenvalue weighted by Crippen LogP contribution is 2.24. The summed E-state index contributed by atoms with van der Waals surface area (Å²) in [6.45, 7) is 5.54. The summed E-state index contributed by atoms with van der Waals surface area (Å²) < 4.78 is 27.2. The molecule has 0 heterocycles. The van der Waals surface area contributed by atoms with Gasteiger partial charge in [0.15, 0.2) is 0 Å². The highest BCUT2D eigenvalue weighted by atomic mass is 79.9. The van der Waals surface area contributed by atoms with Crippen molar-refractivity contribution in [2.45, 2.75) is 31.7 Å². The van der Waals surface area contributed by atoms with Gasteiger partial charge in [-0.3, -0.25) is 4.79 Å². The van der Waals surface area contributed by atoms with Gasteiger partial charge in [-0.2, -0.15) is 4.31 Å². The van der Waals surface area contributed by atoms with Crippen LogP contribution in [0.2, 0.25) is 0 Å². The van der Waals surface area contributed by atoms with E-state index in [1.807, 2.05) is 19.1 Å². The molecule has 2 aromatic carbocycles. The largest absolute Gasteiger partial charge is 0.321 e. The minimum Gasteiger partial charge on any atom is -0.321 e. The number of halogens is 1. The van der Waals surface area contributed by atoms with E-state index in [4.69, 9.17) is 0 Å². The van der Waals surface area contributed by atoms with Gasteiger partial charge in [-0.05, 0) is 72.6 Å². The maximum absolute atomic E-state index is 12.6. The third-order valence-corrected chi connectivity index (χ3v) is 6.56. The number of hydrogen-bond donors (Lipinski definition) is 1. The third kappa shape index (κ3) is 4.48. The lowest BCUT2D eigenvalue weighted by atomic mass is 10.2. The van der Waals surface area contributed by atoms with E-state index < -0.39 is 10.0 Å². The molecule has 0 atom stereocenters. The first-order valence-corrected chi connectivity index (χ1v) is 10.0. The van der Waals surface area contributed by atoms with Gasteiger partial charge in [-0.25, -0.2) is 8.42 Å². The Kier molecular flexibility index (Phi) is 6.03. The van der Waals surface area contributed by atoms with Gasteiger partial charge in [0.1, 0.15) is 0 Å². The standard InChI is InChI=1S/C18H21BrN2O3S/c1-12(2)21(4)25(23,24)15-7-5-6-14(11-15)18(22)20-17-9-8-13(3)10-16(17)19/h5-12H,1-4H3,(H,20,22). The highest BCUT2D eigenvalue weighted by molar-refractivity contribution is 9.10. The number of anilines is 1. The molecular weight excluding hydrogens is 404 g/mol. The molecule has 0 aliphatic rings. The summed E-state index contributed by atoms with van der Waals surface area (Å²) in [5.41, 5.74) is 1.98. The highest BCUT2D eigenvalue weighted by Gasteiger charge is 2.24. The predicted molar refractivity (Wildman–Crippen MR) is 103 cm³/mol. The van der Waals surface area contributed by atoms with Crippen LogP contribution in [-0.2, 0) is 10.0 Å². The average molecular weight is 425 g/mol. The van der Waals surface area contributed by atoms with Gasteiger partial charge in [0, 0.05) is 23.1 Å². The van der Waals surface area contributed by atoms with E-state index in [2.05, 4.69) is 21.2 Å². The predicted octanol–water partition coefficient (Wildman–Crippen LogP) is 4.04. The van der Waals surface area contributed by atoms with Crippen LogP contribution in [0.1, 0.15) is 29.8 Å². The van der Waals surface area contributed by atoms with Crippen molar-refractivity contribution in [3.63, 3.8) is 0 Å². The number of carbonyl (C=O) groups excluding carboxylic acids is 1. The molecule has 0 aliphatic heterocycles. The first-order valence-electron chi connectivity index (χ1n) is 7.78. The normalized spacial score (nSPS) is 11.8. The number of hydrogen-bond acceptors (Lipinski definition) is 3. The summed E-state index contributed by atoms with van der Waals surface area (Å²) in [5.74, 6) is -0.367. The Balaban J connectivity index is 2.30. The number of benzene rings is 2. The zero-order valence-corrected chi connectivity index (χ0v) is 17.0. The summed E-state index contributed by atoms with van der Waals surface area (Å²) >= 11 is 3.41. The van der Waals surface area contributed by atoms with Crippen LogP contribution in [0.15, 0.2) is 51.8 Å². The molecule has 0 saturated carbocycles. The minimum atomic E-state index is -3.64. The molecular formula is C18H21BrN2O3S. The number of nitrogens with zero attached hydrogens (tertiary/aromatic N) is 1. The van der Waals surface area contributed by atoms with E-state index in [1.165, 1.54) is 23.5 Å². The van der Waals surface area contributed by atoms with Gasteiger partial charge in [-0.1, -0.05) is 12.1 Å². The fourth-order valence-corrected chi connectivity index (χ4v) is 4.16. The van der Waals surface area contributed by atoms with Crippen molar-refractivity contribution in [3.8, 4) is 0 Å². The molecule has 7 heteroatoms. The number of carbonyl (C=O) groups is 1. The summed E-state index contributed by atoms with van der Waals surface area (Å²) in [6.07, 6.45) is 0. The van der Waals surface area contributed by atoms with E-state index >= 15 is 0 Å². The molecule has 0 spiro atoms. The molecule has 1 amide bonds. The quantitative estimate of drug-likeness (QED) is 0.787. The summed E-state index contributed by atoms with van der Waals surface area (Å²) in [7, 11) is -2.11. The first kappa shape index (κ1) is 19.6. The second kappa shape index (κ2) is 7.68. The molecule has 2 aromatic rings. The third-order valence-electron chi connectivity index (χ3n) is 3.87. The van der Waals surface area contributed by atoms with Gasteiger partial charge < -0.3 is 5.32 Å². The van der Waals surface area contributed by atoms with Gasteiger partial charge in [0.2, 0.25) is 10.0 Å². The fourth-order valence-electron chi connectivity index (χ4n) is 2.16. The van der Waals surface area contributed by atoms with Crippen molar-refractivity contribution < 1.29 is 13.2 Å². The summed E-state index contributed by atoms with van der Waals surface area (Å²) in [6, 6.07) is 11.5. The van der Waals surface area contributed by atoms with E-state index in [0.717, 1.165) is 10.0 Å². The van der Waals surface area contributed by atoms with Gasteiger partial charge in [0.25, 0.3) is 5.91 Å². The number of amides is 1. The SMILES string of the molecule is Cc1ccc(NC(=O)c2cccc(S(=O)(=O)N(C)C(C)C)c2)c(Br)c1. The van der Waals surface area contributed by atoms with Crippen LogP contribution < -0.4 is 5.32 Å². The van der Waals surface area contributed by atoms with Gasteiger partial charge >= 0.3 is 0 Å². The van der Waals surface area contributed by atoms with Crippen LogP contribution in [-0.4, -0.2) is 31.7 Å². The minimum absolute atomic E-state index is 0.0966. The Morgan fingerprint density at radius 2 is 1.84 bits per heavy atom. The molecule has 2 rings (SSSR count). The molecule has 1 N–H and O–H groups in total. The lowest BCUT2D eigenvalue weighted by Crippen LogP contribution is -2.33. The molecule has 5 nitrogen and oxygen atoms in total. The Morgan fingerprint density at radius 3 is 2.44 bits per heavy atom. The second-order valence-corrected chi connectivity index (χ2v) is 8.93. The average Bonchev–Trinajstić information content (AvgIpc) is 2.56. The van der Waals surface area contributed by atoms with E-state index in [0.29, 0.717) is 5.69 Å². The monoisotopic (exact) mass is 424 g/mol. The van der Waals surface area contributed by atoms with Crippen LogP contribution in [0, 0.1) is 6.92 Å². The first-order chi connectivity index (χ1) is 11.6. The van der Waals surface area contributed by atoms with Crippen LogP contribution >= 0.6 is 15.9 Å².